The normalized spacial score (nSPS) is 37.0. The van der Waals surface area contributed by atoms with Crippen LogP contribution in [0.1, 0.15) is 46.0 Å². The fourth-order valence-corrected chi connectivity index (χ4v) is 5.29. The van der Waals surface area contributed by atoms with Crippen molar-refractivity contribution in [1.29, 1.82) is 0 Å². The largest absolute Gasteiger partial charge is 0.317 e. The highest BCUT2D eigenvalue weighted by Gasteiger charge is 2.32. The average Bonchev–Trinajstić information content (AvgIpc) is 2.38. The lowest BCUT2D eigenvalue weighted by Gasteiger charge is -2.36. The summed E-state index contributed by atoms with van der Waals surface area (Å²) in [5.41, 5.74) is 0. The highest BCUT2D eigenvalue weighted by molar-refractivity contribution is 7.87. The second kappa shape index (κ2) is 6.73. The summed E-state index contributed by atoms with van der Waals surface area (Å²) in [6.45, 7) is 5.59. The number of hydrogen-bond donors (Lipinski definition) is 2. The smallest absolute Gasteiger partial charge is 0.279 e. The van der Waals surface area contributed by atoms with E-state index in [4.69, 9.17) is 0 Å². The van der Waals surface area contributed by atoms with Gasteiger partial charge in [0.15, 0.2) is 0 Å². The zero-order valence-corrected chi connectivity index (χ0v) is 13.7. The van der Waals surface area contributed by atoms with Gasteiger partial charge in [0.25, 0.3) is 10.2 Å². The quantitative estimate of drug-likeness (QED) is 0.823. The Morgan fingerprint density at radius 2 is 1.45 bits per heavy atom. The molecular formula is C14H29N3O2S. The third-order valence-corrected chi connectivity index (χ3v) is 6.24. The molecule has 0 spiro atoms. The molecule has 0 radical (unpaired) electrons. The van der Waals surface area contributed by atoms with E-state index in [1.165, 1.54) is 0 Å². The molecule has 2 fully saturated rings. The minimum atomic E-state index is -3.31. The fourth-order valence-electron chi connectivity index (χ4n) is 3.59. The van der Waals surface area contributed by atoms with Crippen LogP contribution in [0, 0.1) is 11.8 Å². The van der Waals surface area contributed by atoms with Crippen molar-refractivity contribution in [1.82, 2.24) is 14.3 Å². The molecule has 1 saturated heterocycles. The van der Waals surface area contributed by atoms with E-state index in [1.54, 1.807) is 4.31 Å². The Hall–Kier alpha value is -0.170. The molecule has 0 aromatic carbocycles. The molecule has 1 saturated carbocycles. The second-order valence-electron chi connectivity index (χ2n) is 6.72. The third-order valence-electron chi connectivity index (χ3n) is 4.63. The molecule has 0 aromatic rings. The van der Waals surface area contributed by atoms with Gasteiger partial charge in [0.05, 0.1) is 0 Å². The topological polar surface area (TPSA) is 61.4 Å². The molecule has 0 bridgehead atoms. The van der Waals surface area contributed by atoms with Crippen molar-refractivity contribution in [2.75, 3.05) is 20.1 Å². The van der Waals surface area contributed by atoms with Crippen molar-refractivity contribution in [2.45, 2.75) is 58.0 Å². The summed E-state index contributed by atoms with van der Waals surface area (Å²) in [5, 5.41) is 3.27. The molecule has 1 heterocycles. The Morgan fingerprint density at radius 3 is 1.95 bits per heavy atom. The Kier molecular flexibility index (Phi) is 5.45. The van der Waals surface area contributed by atoms with Gasteiger partial charge < -0.3 is 5.32 Å². The lowest BCUT2D eigenvalue weighted by Crippen LogP contribution is -2.51. The second-order valence-corrected chi connectivity index (χ2v) is 8.43. The summed E-state index contributed by atoms with van der Waals surface area (Å²) in [7, 11) is -1.33. The maximum atomic E-state index is 12.5. The van der Waals surface area contributed by atoms with Crippen LogP contribution in [0.5, 0.6) is 0 Å². The Labute approximate surface area is 123 Å². The standard InChI is InChI=1S/C14H29N3O2S/c1-11-8-12(2)10-17(9-11)20(18,19)16-14-6-4-13(15-3)5-7-14/h11-16H,4-10H2,1-3H3. The van der Waals surface area contributed by atoms with E-state index in [-0.39, 0.29) is 6.04 Å². The highest BCUT2D eigenvalue weighted by Crippen LogP contribution is 2.24. The van der Waals surface area contributed by atoms with Crippen LogP contribution in [0.15, 0.2) is 0 Å². The fraction of sp³-hybridized carbons (Fsp3) is 1.00. The van der Waals surface area contributed by atoms with Crippen molar-refractivity contribution in [3.63, 3.8) is 0 Å². The molecule has 118 valence electrons. The molecule has 1 aliphatic heterocycles. The summed E-state index contributed by atoms with van der Waals surface area (Å²) in [6, 6.07) is 0.655. The summed E-state index contributed by atoms with van der Waals surface area (Å²) < 4.78 is 29.6. The van der Waals surface area contributed by atoms with E-state index in [0.717, 1.165) is 32.1 Å². The van der Waals surface area contributed by atoms with Crippen LogP contribution in [-0.2, 0) is 10.2 Å². The molecule has 20 heavy (non-hydrogen) atoms. The van der Waals surface area contributed by atoms with Gasteiger partial charge in [-0.25, -0.2) is 0 Å². The molecule has 2 rings (SSSR count). The van der Waals surface area contributed by atoms with Crippen LogP contribution in [-0.4, -0.2) is 44.9 Å². The van der Waals surface area contributed by atoms with Crippen molar-refractivity contribution >= 4 is 10.2 Å². The van der Waals surface area contributed by atoms with Gasteiger partial charge in [0.1, 0.15) is 0 Å². The monoisotopic (exact) mass is 303 g/mol. The molecule has 6 heteroatoms. The maximum Gasteiger partial charge on any atom is 0.279 e. The van der Waals surface area contributed by atoms with Crippen molar-refractivity contribution in [2.24, 2.45) is 11.8 Å². The number of rotatable bonds is 4. The van der Waals surface area contributed by atoms with Crippen molar-refractivity contribution in [3.8, 4) is 0 Å². The predicted molar refractivity (Wildman–Crippen MR) is 81.7 cm³/mol. The average molecular weight is 303 g/mol. The van der Waals surface area contributed by atoms with E-state index < -0.39 is 10.2 Å². The molecule has 5 nitrogen and oxygen atoms in total. The maximum absolute atomic E-state index is 12.5. The van der Waals surface area contributed by atoms with Crippen LogP contribution >= 0.6 is 0 Å². The van der Waals surface area contributed by atoms with Gasteiger partial charge >= 0.3 is 0 Å². The van der Waals surface area contributed by atoms with Gasteiger partial charge in [-0.3, -0.25) is 0 Å². The molecule has 2 atom stereocenters. The van der Waals surface area contributed by atoms with Gasteiger partial charge in [-0.05, 0) is 51.0 Å². The van der Waals surface area contributed by atoms with Crippen LogP contribution in [0.3, 0.4) is 0 Å². The minimum absolute atomic E-state index is 0.108. The predicted octanol–water partition coefficient (Wildman–Crippen LogP) is 1.33. The SMILES string of the molecule is CNC1CCC(NS(=O)(=O)N2CC(C)CC(C)C2)CC1. The highest BCUT2D eigenvalue weighted by atomic mass is 32.2. The van der Waals surface area contributed by atoms with E-state index in [9.17, 15) is 8.42 Å². The van der Waals surface area contributed by atoms with E-state index >= 15 is 0 Å². The van der Waals surface area contributed by atoms with E-state index in [1.807, 2.05) is 7.05 Å². The van der Waals surface area contributed by atoms with Gasteiger partial charge in [-0.2, -0.15) is 17.4 Å². The molecule has 0 aromatic heterocycles. The minimum Gasteiger partial charge on any atom is -0.317 e. The summed E-state index contributed by atoms with van der Waals surface area (Å²) >= 11 is 0. The van der Waals surface area contributed by atoms with Crippen LogP contribution in [0.4, 0.5) is 0 Å². The summed E-state index contributed by atoms with van der Waals surface area (Å²) in [4.78, 5) is 0. The molecule has 2 unspecified atom stereocenters. The Bertz CT molecular complexity index is 395. The number of nitrogens with one attached hydrogen (secondary N) is 2. The number of nitrogens with zero attached hydrogens (tertiary/aromatic N) is 1. The Morgan fingerprint density at radius 1 is 0.950 bits per heavy atom. The first-order valence-electron chi connectivity index (χ1n) is 7.85. The first-order valence-corrected chi connectivity index (χ1v) is 9.29. The first-order chi connectivity index (χ1) is 9.40. The van der Waals surface area contributed by atoms with Crippen LogP contribution in [0.25, 0.3) is 0 Å². The van der Waals surface area contributed by atoms with Gasteiger partial charge in [-0.15, -0.1) is 0 Å². The number of hydrogen-bond acceptors (Lipinski definition) is 3. The van der Waals surface area contributed by atoms with Gasteiger partial charge in [0, 0.05) is 25.2 Å². The molecule has 2 aliphatic rings. The molecular weight excluding hydrogens is 274 g/mol. The Balaban J connectivity index is 1.90. The first kappa shape index (κ1) is 16.2. The zero-order valence-electron chi connectivity index (χ0n) is 12.9. The number of piperidine rings is 1. The van der Waals surface area contributed by atoms with Crippen molar-refractivity contribution < 1.29 is 8.42 Å². The molecule has 2 N–H and O–H groups in total. The molecule has 0 amide bonds. The summed E-state index contributed by atoms with van der Waals surface area (Å²) in [5.74, 6) is 0.908. The van der Waals surface area contributed by atoms with Gasteiger partial charge in [0.2, 0.25) is 0 Å². The van der Waals surface area contributed by atoms with Crippen LogP contribution < -0.4 is 10.0 Å². The third kappa shape index (κ3) is 4.16. The summed E-state index contributed by atoms with van der Waals surface area (Å²) in [6.07, 6.45) is 5.10. The van der Waals surface area contributed by atoms with Crippen molar-refractivity contribution in [3.05, 3.63) is 0 Å². The van der Waals surface area contributed by atoms with E-state index in [2.05, 4.69) is 23.9 Å². The lowest BCUT2D eigenvalue weighted by atomic mass is 9.92. The van der Waals surface area contributed by atoms with E-state index in [0.29, 0.717) is 31.0 Å². The lowest BCUT2D eigenvalue weighted by molar-refractivity contribution is 0.218. The zero-order chi connectivity index (χ0) is 14.8. The molecule has 1 aliphatic carbocycles. The van der Waals surface area contributed by atoms with Crippen LogP contribution in [0.2, 0.25) is 0 Å². The van der Waals surface area contributed by atoms with Gasteiger partial charge in [-0.1, -0.05) is 13.8 Å².